The van der Waals surface area contributed by atoms with Crippen LogP contribution in [0, 0.1) is 11.8 Å². The molecule has 104 valence electrons. The highest BCUT2D eigenvalue weighted by Gasteiger charge is 2.27. The molecule has 0 aromatic heterocycles. The summed E-state index contributed by atoms with van der Waals surface area (Å²) in [5.41, 5.74) is 0.560. The smallest absolute Gasteiger partial charge is 0.338 e. The van der Waals surface area contributed by atoms with E-state index in [2.05, 4.69) is 13.8 Å². The lowest BCUT2D eigenvalue weighted by molar-refractivity contribution is 0.00803. The van der Waals surface area contributed by atoms with E-state index in [1.165, 1.54) is 6.42 Å². The Morgan fingerprint density at radius 3 is 2.47 bits per heavy atom. The van der Waals surface area contributed by atoms with E-state index in [-0.39, 0.29) is 12.1 Å². The van der Waals surface area contributed by atoms with Crippen molar-refractivity contribution >= 4 is 5.97 Å². The van der Waals surface area contributed by atoms with Crippen LogP contribution in [0.4, 0.5) is 0 Å². The third-order valence-corrected chi connectivity index (χ3v) is 3.71. The van der Waals surface area contributed by atoms with Gasteiger partial charge in [-0.3, -0.25) is 0 Å². The van der Waals surface area contributed by atoms with Crippen LogP contribution in [0.3, 0.4) is 0 Å². The third kappa shape index (κ3) is 3.72. The monoisotopic (exact) mass is 262 g/mol. The molecular formula is C16H22O3. The highest BCUT2D eigenvalue weighted by atomic mass is 16.5. The Morgan fingerprint density at radius 1 is 1.16 bits per heavy atom. The number of carbonyl (C=O) groups excluding carboxylic acids is 1. The molecule has 0 unspecified atom stereocenters. The molecule has 1 aliphatic rings. The van der Waals surface area contributed by atoms with E-state index < -0.39 is 0 Å². The van der Waals surface area contributed by atoms with Crippen molar-refractivity contribution < 1.29 is 14.3 Å². The lowest BCUT2D eigenvalue weighted by atomic mass is 9.82. The largest absolute Gasteiger partial charge is 0.497 e. The van der Waals surface area contributed by atoms with Crippen LogP contribution in [-0.4, -0.2) is 19.2 Å². The Labute approximate surface area is 114 Å². The summed E-state index contributed by atoms with van der Waals surface area (Å²) in [5.74, 6) is 1.70. The Kier molecular flexibility index (Phi) is 4.46. The summed E-state index contributed by atoms with van der Waals surface area (Å²) in [6.45, 7) is 4.45. The van der Waals surface area contributed by atoms with Gasteiger partial charge in [0.15, 0.2) is 0 Å². The molecule has 0 bridgehead atoms. The van der Waals surface area contributed by atoms with E-state index in [9.17, 15) is 4.79 Å². The molecule has 1 aromatic rings. The zero-order valence-corrected chi connectivity index (χ0v) is 11.9. The molecule has 0 N–H and O–H groups in total. The summed E-state index contributed by atoms with van der Waals surface area (Å²) in [5, 5.41) is 0. The fraction of sp³-hybridized carbons (Fsp3) is 0.562. The first-order valence-electron chi connectivity index (χ1n) is 6.93. The zero-order valence-electron chi connectivity index (χ0n) is 11.9. The molecule has 2 rings (SSSR count). The first kappa shape index (κ1) is 13.9. The first-order valence-corrected chi connectivity index (χ1v) is 6.93. The standard InChI is InChI=1S/C16H22O3/c1-11-7-12(2)9-15(8-11)19-16(17)13-5-4-6-14(10-13)18-3/h4-6,10-12,15H,7-9H2,1-3H3/t11-,12-/m1/s1. The fourth-order valence-corrected chi connectivity index (χ4v) is 2.94. The van der Waals surface area contributed by atoms with Gasteiger partial charge in [0.05, 0.1) is 12.7 Å². The summed E-state index contributed by atoms with van der Waals surface area (Å²) < 4.78 is 10.7. The van der Waals surface area contributed by atoms with Crippen LogP contribution in [0.1, 0.15) is 43.5 Å². The second kappa shape index (κ2) is 6.09. The molecule has 19 heavy (non-hydrogen) atoms. The van der Waals surface area contributed by atoms with Gasteiger partial charge in [0.1, 0.15) is 11.9 Å². The normalized spacial score (nSPS) is 26.8. The van der Waals surface area contributed by atoms with E-state index in [0.29, 0.717) is 23.1 Å². The van der Waals surface area contributed by atoms with Crippen molar-refractivity contribution in [2.75, 3.05) is 7.11 Å². The summed E-state index contributed by atoms with van der Waals surface area (Å²) in [7, 11) is 1.59. The number of benzene rings is 1. The zero-order chi connectivity index (χ0) is 13.8. The molecule has 1 fully saturated rings. The Morgan fingerprint density at radius 2 is 1.84 bits per heavy atom. The molecular weight excluding hydrogens is 240 g/mol. The molecule has 1 aromatic carbocycles. The van der Waals surface area contributed by atoms with Crippen molar-refractivity contribution in [1.82, 2.24) is 0 Å². The number of methoxy groups -OCH3 is 1. The molecule has 1 aliphatic carbocycles. The van der Waals surface area contributed by atoms with Crippen LogP contribution in [0.2, 0.25) is 0 Å². The SMILES string of the molecule is COc1cccc(C(=O)OC2C[C@H](C)C[C@@H](C)C2)c1. The number of rotatable bonds is 3. The minimum atomic E-state index is -0.245. The van der Waals surface area contributed by atoms with Crippen molar-refractivity contribution in [3.8, 4) is 5.75 Å². The number of esters is 1. The maximum atomic E-state index is 12.1. The third-order valence-electron chi connectivity index (χ3n) is 3.71. The number of ether oxygens (including phenoxy) is 2. The average Bonchev–Trinajstić information content (AvgIpc) is 2.37. The minimum absolute atomic E-state index is 0.0532. The molecule has 2 atom stereocenters. The molecule has 0 heterocycles. The number of hydrogen-bond acceptors (Lipinski definition) is 3. The van der Waals surface area contributed by atoms with E-state index in [1.807, 2.05) is 12.1 Å². The minimum Gasteiger partial charge on any atom is -0.497 e. The quantitative estimate of drug-likeness (QED) is 0.779. The van der Waals surface area contributed by atoms with E-state index in [1.54, 1.807) is 19.2 Å². The Hall–Kier alpha value is -1.51. The van der Waals surface area contributed by atoms with Crippen LogP contribution in [-0.2, 0) is 4.74 Å². The number of hydrogen-bond donors (Lipinski definition) is 0. The van der Waals surface area contributed by atoms with Gasteiger partial charge in [-0.25, -0.2) is 4.79 Å². The molecule has 0 amide bonds. The highest BCUT2D eigenvalue weighted by Crippen LogP contribution is 2.30. The van der Waals surface area contributed by atoms with Gasteiger partial charge in [0, 0.05) is 0 Å². The van der Waals surface area contributed by atoms with E-state index in [4.69, 9.17) is 9.47 Å². The van der Waals surface area contributed by atoms with Gasteiger partial charge in [-0.1, -0.05) is 19.9 Å². The first-order chi connectivity index (χ1) is 9.08. The molecule has 3 nitrogen and oxygen atoms in total. The van der Waals surface area contributed by atoms with Crippen molar-refractivity contribution in [1.29, 1.82) is 0 Å². The maximum absolute atomic E-state index is 12.1. The van der Waals surface area contributed by atoms with Crippen molar-refractivity contribution in [3.05, 3.63) is 29.8 Å². The molecule has 1 saturated carbocycles. The number of carbonyl (C=O) groups is 1. The summed E-state index contributed by atoms with van der Waals surface area (Å²) in [4.78, 5) is 12.1. The van der Waals surface area contributed by atoms with Gasteiger partial charge in [-0.15, -0.1) is 0 Å². The Bertz CT molecular complexity index is 431. The van der Waals surface area contributed by atoms with Gasteiger partial charge in [0.2, 0.25) is 0 Å². The van der Waals surface area contributed by atoms with Gasteiger partial charge in [0.25, 0.3) is 0 Å². The fourth-order valence-electron chi connectivity index (χ4n) is 2.94. The van der Waals surface area contributed by atoms with Crippen LogP contribution >= 0.6 is 0 Å². The molecule has 3 heteroatoms. The van der Waals surface area contributed by atoms with Crippen LogP contribution in [0.5, 0.6) is 5.75 Å². The van der Waals surface area contributed by atoms with Crippen molar-refractivity contribution in [2.24, 2.45) is 11.8 Å². The summed E-state index contributed by atoms with van der Waals surface area (Å²) in [6, 6.07) is 7.11. The average molecular weight is 262 g/mol. The predicted octanol–water partition coefficient (Wildman–Crippen LogP) is 3.68. The van der Waals surface area contributed by atoms with Crippen molar-refractivity contribution in [3.63, 3.8) is 0 Å². The maximum Gasteiger partial charge on any atom is 0.338 e. The van der Waals surface area contributed by atoms with Crippen LogP contribution in [0.25, 0.3) is 0 Å². The van der Waals surface area contributed by atoms with Crippen LogP contribution < -0.4 is 4.74 Å². The molecule has 0 saturated heterocycles. The highest BCUT2D eigenvalue weighted by molar-refractivity contribution is 5.89. The predicted molar refractivity (Wildman–Crippen MR) is 74.4 cm³/mol. The lowest BCUT2D eigenvalue weighted by Gasteiger charge is -2.31. The summed E-state index contributed by atoms with van der Waals surface area (Å²) >= 11 is 0. The molecule has 0 aliphatic heterocycles. The van der Waals surface area contributed by atoms with Gasteiger partial charge in [-0.05, 0) is 49.3 Å². The van der Waals surface area contributed by atoms with E-state index in [0.717, 1.165) is 12.8 Å². The second-order valence-electron chi connectivity index (χ2n) is 5.68. The van der Waals surface area contributed by atoms with Crippen LogP contribution in [0.15, 0.2) is 24.3 Å². The topological polar surface area (TPSA) is 35.5 Å². The van der Waals surface area contributed by atoms with Gasteiger partial charge >= 0.3 is 5.97 Å². The van der Waals surface area contributed by atoms with Gasteiger partial charge in [-0.2, -0.15) is 0 Å². The second-order valence-corrected chi connectivity index (χ2v) is 5.68. The molecule has 0 spiro atoms. The van der Waals surface area contributed by atoms with Gasteiger partial charge < -0.3 is 9.47 Å². The van der Waals surface area contributed by atoms with Crippen molar-refractivity contribution in [2.45, 2.75) is 39.2 Å². The molecule has 0 radical (unpaired) electrons. The summed E-state index contributed by atoms with van der Waals surface area (Å²) in [6.07, 6.45) is 3.23. The Balaban J connectivity index is 2.00. The van der Waals surface area contributed by atoms with E-state index >= 15 is 0 Å². The lowest BCUT2D eigenvalue weighted by Crippen LogP contribution is -2.28.